The first-order chi connectivity index (χ1) is 6.97. The molecule has 0 bridgehead atoms. The van der Waals surface area contributed by atoms with Crippen LogP contribution in [-0.2, 0) is 4.74 Å². The normalized spacial score (nSPS) is 10.5. The Balaban J connectivity index is 3.40. The third-order valence-electron chi connectivity index (χ3n) is 1.82. The summed E-state index contributed by atoms with van der Waals surface area (Å²) in [4.78, 5) is 14.9. The molecular weight excluding hydrogens is 228 g/mol. The van der Waals surface area contributed by atoms with Crippen LogP contribution in [0.3, 0.4) is 0 Å². The zero-order valence-electron chi connectivity index (χ0n) is 8.05. The molecule has 82 valence electrons. The van der Waals surface area contributed by atoms with E-state index in [1.807, 2.05) is 0 Å². The van der Waals surface area contributed by atoms with Crippen LogP contribution in [0.25, 0.3) is 0 Å². The Hall–Kier alpha value is -1.23. The van der Waals surface area contributed by atoms with E-state index in [4.69, 9.17) is 11.6 Å². The average molecular weight is 236 g/mol. The molecule has 3 nitrogen and oxygen atoms in total. The molecule has 0 spiro atoms. The fraction of sp³-hybridized carbons (Fsp3) is 0.333. The first-order valence-electron chi connectivity index (χ1n) is 4.01. The minimum Gasteiger partial charge on any atom is -0.465 e. The van der Waals surface area contributed by atoms with Crippen molar-refractivity contribution in [3.05, 3.63) is 28.0 Å². The van der Waals surface area contributed by atoms with Gasteiger partial charge in [-0.3, -0.25) is 0 Å². The van der Waals surface area contributed by atoms with Crippen molar-refractivity contribution in [3.8, 4) is 0 Å². The van der Waals surface area contributed by atoms with Crippen LogP contribution in [-0.4, -0.2) is 18.1 Å². The number of carbonyl (C=O) groups is 1. The molecule has 0 saturated carbocycles. The van der Waals surface area contributed by atoms with E-state index in [1.165, 1.54) is 6.92 Å². The van der Waals surface area contributed by atoms with Gasteiger partial charge in [0.15, 0.2) is 0 Å². The summed E-state index contributed by atoms with van der Waals surface area (Å²) < 4.78 is 29.6. The molecule has 15 heavy (non-hydrogen) atoms. The number of esters is 1. The van der Waals surface area contributed by atoms with Crippen LogP contribution >= 0.6 is 11.6 Å². The van der Waals surface area contributed by atoms with Crippen molar-refractivity contribution >= 4 is 17.6 Å². The van der Waals surface area contributed by atoms with Gasteiger partial charge >= 0.3 is 5.97 Å². The molecule has 1 aromatic rings. The average Bonchev–Trinajstić information content (AvgIpc) is 2.15. The quantitative estimate of drug-likeness (QED) is 0.585. The molecule has 0 amide bonds. The lowest BCUT2D eigenvalue weighted by molar-refractivity contribution is 0.0587. The lowest BCUT2D eigenvalue weighted by Gasteiger charge is -2.09. The van der Waals surface area contributed by atoms with E-state index in [1.54, 1.807) is 0 Å². The van der Waals surface area contributed by atoms with E-state index < -0.39 is 18.0 Å². The summed E-state index contributed by atoms with van der Waals surface area (Å²) in [5.41, 5.74) is -0.555. The summed E-state index contributed by atoms with van der Waals surface area (Å²) in [6, 6.07) is 0.964. The highest BCUT2D eigenvalue weighted by Crippen LogP contribution is 2.27. The number of aromatic nitrogens is 1. The van der Waals surface area contributed by atoms with Crippen molar-refractivity contribution in [2.45, 2.75) is 13.3 Å². The number of rotatable bonds is 2. The third-order valence-corrected chi connectivity index (χ3v) is 2.02. The second-order valence-corrected chi connectivity index (χ2v) is 3.17. The van der Waals surface area contributed by atoms with Crippen molar-refractivity contribution < 1.29 is 18.3 Å². The van der Waals surface area contributed by atoms with Crippen LogP contribution in [0, 0.1) is 6.92 Å². The van der Waals surface area contributed by atoms with Gasteiger partial charge in [0.05, 0.1) is 18.4 Å². The molecule has 0 aliphatic rings. The molecule has 0 atom stereocenters. The number of aryl methyl sites for hydroxylation is 1. The molecule has 0 aromatic carbocycles. The van der Waals surface area contributed by atoms with Gasteiger partial charge in [0.1, 0.15) is 5.15 Å². The van der Waals surface area contributed by atoms with Gasteiger partial charge in [0.25, 0.3) is 6.43 Å². The van der Waals surface area contributed by atoms with Crippen molar-refractivity contribution in [2.24, 2.45) is 0 Å². The van der Waals surface area contributed by atoms with Crippen molar-refractivity contribution in [1.29, 1.82) is 0 Å². The van der Waals surface area contributed by atoms with Crippen molar-refractivity contribution in [2.75, 3.05) is 7.11 Å². The highest BCUT2D eigenvalue weighted by molar-refractivity contribution is 6.29. The summed E-state index contributed by atoms with van der Waals surface area (Å²) in [6.45, 7) is 1.42. The Morgan fingerprint density at radius 3 is 2.67 bits per heavy atom. The second kappa shape index (κ2) is 4.53. The van der Waals surface area contributed by atoms with Crippen molar-refractivity contribution in [3.63, 3.8) is 0 Å². The van der Waals surface area contributed by atoms with Crippen LogP contribution in [0.2, 0.25) is 5.15 Å². The van der Waals surface area contributed by atoms with Crippen LogP contribution in [0.15, 0.2) is 6.07 Å². The highest BCUT2D eigenvalue weighted by Gasteiger charge is 2.22. The number of carbonyl (C=O) groups excluding carboxylic acids is 1. The molecule has 0 aliphatic heterocycles. The lowest BCUT2D eigenvalue weighted by Crippen LogP contribution is -2.10. The van der Waals surface area contributed by atoms with Crippen molar-refractivity contribution in [1.82, 2.24) is 4.98 Å². The van der Waals surface area contributed by atoms with Gasteiger partial charge in [0.2, 0.25) is 0 Å². The van der Waals surface area contributed by atoms with Gasteiger partial charge in [-0.2, -0.15) is 0 Å². The number of methoxy groups -OCH3 is 1. The van der Waals surface area contributed by atoms with E-state index >= 15 is 0 Å². The Morgan fingerprint density at radius 2 is 2.20 bits per heavy atom. The Morgan fingerprint density at radius 1 is 1.60 bits per heavy atom. The topological polar surface area (TPSA) is 39.2 Å². The summed E-state index contributed by atoms with van der Waals surface area (Å²) in [5.74, 6) is -0.841. The molecule has 6 heteroatoms. The van der Waals surface area contributed by atoms with Gasteiger partial charge in [-0.1, -0.05) is 11.6 Å². The van der Waals surface area contributed by atoms with E-state index in [2.05, 4.69) is 9.72 Å². The molecule has 0 aliphatic carbocycles. The molecule has 0 N–H and O–H groups in total. The predicted octanol–water partition coefficient (Wildman–Crippen LogP) is 2.77. The molecule has 1 aromatic heterocycles. The first-order valence-corrected chi connectivity index (χ1v) is 4.38. The fourth-order valence-electron chi connectivity index (χ4n) is 1.20. The molecule has 1 heterocycles. The maximum absolute atomic E-state index is 12.6. The Bertz CT molecular complexity index is 396. The molecule has 0 unspecified atom stereocenters. The van der Waals surface area contributed by atoms with Crippen LogP contribution in [0.5, 0.6) is 0 Å². The van der Waals surface area contributed by atoms with Crippen LogP contribution < -0.4 is 0 Å². The minimum absolute atomic E-state index is 0.0737. The highest BCUT2D eigenvalue weighted by atomic mass is 35.5. The van der Waals surface area contributed by atoms with Gasteiger partial charge in [-0.25, -0.2) is 18.6 Å². The largest absolute Gasteiger partial charge is 0.465 e. The number of alkyl halides is 2. The van der Waals surface area contributed by atoms with E-state index in [0.717, 1.165) is 13.2 Å². The molecular formula is C9H8ClF2NO2. The maximum atomic E-state index is 12.6. The number of hydrogen-bond acceptors (Lipinski definition) is 3. The maximum Gasteiger partial charge on any atom is 0.340 e. The zero-order valence-corrected chi connectivity index (χ0v) is 8.81. The Labute approximate surface area is 90.0 Å². The first kappa shape index (κ1) is 11.8. The predicted molar refractivity (Wildman–Crippen MR) is 50.3 cm³/mol. The summed E-state index contributed by atoms with van der Waals surface area (Å²) in [5, 5.41) is -0.0737. The molecule has 1 rings (SSSR count). The zero-order chi connectivity index (χ0) is 11.6. The van der Waals surface area contributed by atoms with Gasteiger partial charge in [-0.05, 0) is 13.0 Å². The minimum atomic E-state index is -2.79. The number of pyridine rings is 1. The monoisotopic (exact) mass is 235 g/mol. The van der Waals surface area contributed by atoms with Gasteiger partial charge in [-0.15, -0.1) is 0 Å². The molecule has 0 radical (unpaired) electrons. The summed E-state index contributed by atoms with van der Waals surface area (Å²) >= 11 is 5.52. The van der Waals surface area contributed by atoms with Gasteiger partial charge < -0.3 is 4.74 Å². The smallest absolute Gasteiger partial charge is 0.340 e. The van der Waals surface area contributed by atoms with E-state index in [-0.39, 0.29) is 16.4 Å². The summed E-state index contributed by atoms with van der Waals surface area (Å²) in [6.07, 6.45) is -2.79. The van der Waals surface area contributed by atoms with Gasteiger partial charge in [0, 0.05) is 5.56 Å². The lowest BCUT2D eigenvalue weighted by atomic mass is 10.1. The van der Waals surface area contributed by atoms with E-state index in [0.29, 0.717) is 0 Å². The second-order valence-electron chi connectivity index (χ2n) is 2.79. The fourth-order valence-corrected chi connectivity index (χ4v) is 1.44. The van der Waals surface area contributed by atoms with Crippen LogP contribution in [0.4, 0.5) is 8.78 Å². The number of halogens is 3. The molecule has 0 saturated heterocycles. The number of nitrogens with zero attached hydrogens (tertiary/aromatic N) is 1. The SMILES string of the molecule is COC(=O)c1c(C(F)F)cc(Cl)nc1C. The summed E-state index contributed by atoms with van der Waals surface area (Å²) in [7, 11) is 1.12. The number of hydrogen-bond donors (Lipinski definition) is 0. The van der Waals surface area contributed by atoms with E-state index in [9.17, 15) is 13.6 Å². The molecule has 0 fully saturated rings. The third kappa shape index (κ3) is 2.41. The standard InChI is InChI=1S/C9H8ClF2NO2/c1-4-7(9(14)15-2)5(8(11)12)3-6(10)13-4/h3,8H,1-2H3. The van der Waals surface area contributed by atoms with Crippen LogP contribution in [0.1, 0.15) is 28.0 Å². The number of ether oxygens (including phenoxy) is 1. The Kier molecular flexibility index (Phi) is 3.57.